The Balaban J connectivity index is 2.00. The standard InChI is InChI=1S/C16H28N2O3/c1-11(2)13-14(19)17-16(3,4)15(20)18(13)9-5-7-12-8-6-10-21-12/h11-13H,5-10H2,1-4H3,(H,17,19). The number of nitrogens with zero attached hydrogens (tertiary/aromatic N) is 1. The Morgan fingerprint density at radius 3 is 2.67 bits per heavy atom. The Bertz CT molecular complexity index is 400. The highest BCUT2D eigenvalue weighted by Gasteiger charge is 2.45. The van der Waals surface area contributed by atoms with Crippen molar-refractivity contribution in [1.82, 2.24) is 10.2 Å². The van der Waals surface area contributed by atoms with E-state index in [1.165, 1.54) is 0 Å². The molecule has 0 aromatic heterocycles. The molecule has 2 amide bonds. The van der Waals surface area contributed by atoms with Crippen LogP contribution in [0.4, 0.5) is 0 Å². The van der Waals surface area contributed by atoms with Crippen LogP contribution in [-0.4, -0.2) is 47.6 Å². The van der Waals surface area contributed by atoms with Crippen LogP contribution >= 0.6 is 0 Å². The first kappa shape index (κ1) is 16.3. The van der Waals surface area contributed by atoms with Gasteiger partial charge in [0.15, 0.2) is 0 Å². The molecule has 2 heterocycles. The van der Waals surface area contributed by atoms with Crippen molar-refractivity contribution in [3.63, 3.8) is 0 Å². The summed E-state index contributed by atoms with van der Waals surface area (Å²) in [6.07, 6.45) is 4.45. The van der Waals surface area contributed by atoms with Gasteiger partial charge >= 0.3 is 0 Å². The Labute approximate surface area is 127 Å². The van der Waals surface area contributed by atoms with Crippen molar-refractivity contribution in [1.29, 1.82) is 0 Å². The normalized spacial score (nSPS) is 29.1. The highest BCUT2D eigenvalue weighted by atomic mass is 16.5. The second-order valence-electron chi connectivity index (χ2n) is 7.08. The number of ether oxygens (including phenoxy) is 1. The van der Waals surface area contributed by atoms with Crippen LogP contribution < -0.4 is 5.32 Å². The number of rotatable bonds is 5. The van der Waals surface area contributed by atoms with E-state index in [1.54, 1.807) is 18.7 Å². The Kier molecular flexibility index (Phi) is 4.91. The first-order valence-corrected chi connectivity index (χ1v) is 8.07. The molecule has 5 heteroatoms. The van der Waals surface area contributed by atoms with Crippen LogP contribution in [0.3, 0.4) is 0 Å². The molecular weight excluding hydrogens is 268 g/mol. The summed E-state index contributed by atoms with van der Waals surface area (Å²) < 4.78 is 5.62. The third-order valence-corrected chi connectivity index (χ3v) is 4.42. The largest absolute Gasteiger partial charge is 0.378 e. The van der Waals surface area contributed by atoms with Crippen molar-refractivity contribution in [3.8, 4) is 0 Å². The highest BCUT2D eigenvalue weighted by Crippen LogP contribution is 2.24. The molecule has 1 N–H and O–H groups in total. The second-order valence-corrected chi connectivity index (χ2v) is 7.08. The zero-order valence-electron chi connectivity index (χ0n) is 13.6. The van der Waals surface area contributed by atoms with Crippen molar-refractivity contribution in [3.05, 3.63) is 0 Å². The van der Waals surface area contributed by atoms with Gasteiger partial charge in [-0.2, -0.15) is 0 Å². The SMILES string of the molecule is CC(C)C1C(=O)NC(C)(C)C(=O)N1CCCC1CCCO1. The molecule has 0 bridgehead atoms. The number of amides is 2. The fraction of sp³-hybridized carbons (Fsp3) is 0.875. The summed E-state index contributed by atoms with van der Waals surface area (Å²) in [5.41, 5.74) is -0.799. The number of hydrogen-bond donors (Lipinski definition) is 1. The van der Waals surface area contributed by atoms with E-state index in [0.29, 0.717) is 12.6 Å². The lowest BCUT2D eigenvalue weighted by Gasteiger charge is -2.44. The maximum Gasteiger partial charge on any atom is 0.248 e. The molecular formula is C16H28N2O3. The molecule has 0 aromatic rings. The third-order valence-electron chi connectivity index (χ3n) is 4.42. The van der Waals surface area contributed by atoms with Gasteiger partial charge in [0.25, 0.3) is 0 Å². The molecule has 2 saturated heterocycles. The van der Waals surface area contributed by atoms with Gasteiger partial charge in [0.05, 0.1) is 6.10 Å². The number of nitrogens with one attached hydrogen (secondary N) is 1. The van der Waals surface area contributed by atoms with Crippen molar-refractivity contribution in [2.75, 3.05) is 13.2 Å². The minimum Gasteiger partial charge on any atom is -0.378 e. The van der Waals surface area contributed by atoms with E-state index >= 15 is 0 Å². The van der Waals surface area contributed by atoms with Crippen molar-refractivity contribution in [2.24, 2.45) is 5.92 Å². The average Bonchev–Trinajstić information content (AvgIpc) is 2.87. The fourth-order valence-corrected chi connectivity index (χ4v) is 3.33. The molecule has 2 atom stereocenters. The molecule has 2 rings (SSSR count). The molecule has 2 aliphatic rings. The summed E-state index contributed by atoms with van der Waals surface area (Å²) in [7, 11) is 0. The van der Waals surface area contributed by atoms with Gasteiger partial charge in [0.2, 0.25) is 11.8 Å². The van der Waals surface area contributed by atoms with Crippen LogP contribution in [0.2, 0.25) is 0 Å². The van der Waals surface area contributed by atoms with Gasteiger partial charge in [-0.25, -0.2) is 0 Å². The van der Waals surface area contributed by atoms with E-state index < -0.39 is 5.54 Å². The molecule has 5 nitrogen and oxygen atoms in total. The quantitative estimate of drug-likeness (QED) is 0.840. The molecule has 2 fully saturated rings. The number of carbonyl (C=O) groups excluding carboxylic acids is 2. The van der Waals surface area contributed by atoms with Crippen molar-refractivity contribution >= 4 is 11.8 Å². The molecule has 0 aromatic carbocycles. The van der Waals surface area contributed by atoms with Crippen LogP contribution in [-0.2, 0) is 14.3 Å². The lowest BCUT2D eigenvalue weighted by atomic mass is 9.91. The lowest BCUT2D eigenvalue weighted by molar-refractivity contribution is -0.155. The summed E-state index contributed by atoms with van der Waals surface area (Å²) in [4.78, 5) is 26.7. The predicted octanol–water partition coefficient (Wildman–Crippen LogP) is 1.71. The van der Waals surface area contributed by atoms with Crippen LogP contribution in [0.1, 0.15) is 53.4 Å². The monoisotopic (exact) mass is 296 g/mol. The van der Waals surface area contributed by atoms with Gasteiger partial charge in [-0.05, 0) is 45.4 Å². The first-order chi connectivity index (χ1) is 9.83. The minimum absolute atomic E-state index is 0.0214. The summed E-state index contributed by atoms with van der Waals surface area (Å²) in [6, 6.07) is -0.352. The van der Waals surface area contributed by atoms with Gasteiger partial charge in [-0.15, -0.1) is 0 Å². The zero-order valence-corrected chi connectivity index (χ0v) is 13.6. The average molecular weight is 296 g/mol. The van der Waals surface area contributed by atoms with E-state index in [2.05, 4.69) is 5.32 Å². The summed E-state index contributed by atoms with van der Waals surface area (Å²) >= 11 is 0. The molecule has 0 aliphatic carbocycles. The van der Waals surface area contributed by atoms with Crippen LogP contribution in [0, 0.1) is 5.92 Å². The van der Waals surface area contributed by atoms with Crippen LogP contribution in [0.15, 0.2) is 0 Å². The van der Waals surface area contributed by atoms with E-state index in [9.17, 15) is 9.59 Å². The molecule has 120 valence electrons. The van der Waals surface area contributed by atoms with Crippen molar-refractivity contribution in [2.45, 2.75) is 71.1 Å². The van der Waals surface area contributed by atoms with E-state index in [4.69, 9.17) is 4.74 Å². The van der Waals surface area contributed by atoms with Crippen LogP contribution in [0.25, 0.3) is 0 Å². The van der Waals surface area contributed by atoms with Gasteiger partial charge in [-0.3, -0.25) is 9.59 Å². The molecule has 0 spiro atoms. The van der Waals surface area contributed by atoms with Gasteiger partial charge in [0.1, 0.15) is 11.6 Å². The molecule has 2 aliphatic heterocycles. The number of piperazine rings is 1. The Morgan fingerprint density at radius 1 is 1.38 bits per heavy atom. The van der Waals surface area contributed by atoms with Gasteiger partial charge in [0, 0.05) is 13.2 Å². The second kappa shape index (κ2) is 6.34. The highest BCUT2D eigenvalue weighted by molar-refractivity contribution is 5.99. The topological polar surface area (TPSA) is 58.6 Å². The number of hydrogen-bond acceptors (Lipinski definition) is 3. The fourth-order valence-electron chi connectivity index (χ4n) is 3.33. The summed E-state index contributed by atoms with van der Waals surface area (Å²) in [5, 5.41) is 2.84. The molecule has 2 unspecified atom stereocenters. The maximum absolute atomic E-state index is 12.6. The van der Waals surface area contributed by atoms with Crippen molar-refractivity contribution < 1.29 is 14.3 Å². The van der Waals surface area contributed by atoms with Gasteiger partial charge < -0.3 is 15.0 Å². The first-order valence-electron chi connectivity index (χ1n) is 8.07. The zero-order chi connectivity index (χ0) is 15.6. The molecule has 0 saturated carbocycles. The Hall–Kier alpha value is -1.10. The molecule has 0 radical (unpaired) electrons. The summed E-state index contributed by atoms with van der Waals surface area (Å²) in [5.74, 6) is 0.104. The third kappa shape index (κ3) is 3.57. The van der Waals surface area contributed by atoms with Gasteiger partial charge in [-0.1, -0.05) is 13.8 Å². The minimum atomic E-state index is -0.799. The predicted molar refractivity (Wildman–Crippen MR) is 80.8 cm³/mol. The smallest absolute Gasteiger partial charge is 0.248 e. The van der Waals surface area contributed by atoms with Crippen LogP contribution in [0.5, 0.6) is 0 Å². The van der Waals surface area contributed by atoms with E-state index in [-0.39, 0.29) is 23.8 Å². The van der Waals surface area contributed by atoms with E-state index in [1.807, 2.05) is 13.8 Å². The number of carbonyl (C=O) groups is 2. The lowest BCUT2D eigenvalue weighted by Crippen LogP contribution is -2.69. The maximum atomic E-state index is 12.6. The Morgan fingerprint density at radius 2 is 2.10 bits per heavy atom. The van der Waals surface area contributed by atoms with E-state index in [0.717, 1.165) is 32.3 Å². The molecule has 21 heavy (non-hydrogen) atoms. The summed E-state index contributed by atoms with van der Waals surface area (Å²) in [6.45, 7) is 9.02.